The van der Waals surface area contributed by atoms with Gasteiger partial charge in [-0.1, -0.05) is 66.5 Å². The molecule has 0 saturated heterocycles. The van der Waals surface area contributed by atoms with Crippen molar-refractivity contribution in [1.29, 1.82) is 0 Å². The van der Waals surface area contributed by atoms with E-state index >= 15 is 0 Å². The highest BCUT2D eigenvalue weighted by Gasteiger charge is 2.29. The van der Waals surface area contributed by atoms with Gasteiger partial charge in [0.05, 0.1) is 16.5 Å². The average molecular weight is 421 g/mol. The highest BCUT2D eigenvalue weighted by molar-refractivity contribution is 6.42. The molecule has 0 aliphatic carbocycles. The summed E-state index contributed by atoms with van der Waals surface area (Å²) in [5.74, 6) is -0.262. The maximum atomic E-state index is 13.1. The second kappa shape index (κ2) is 10.5. The molecule has 6 heteroatoms. The zero-order chi connectivity index (χ0) is 20.7. The fourth-order valence-electron chi connectivity index (χ4n) is 3.01. The minimum Gasteiger partial charge on any atom is -0.352 e. The lowest BCUT2D eigenvalue weighted by Gasteiger charge is -2.31. The Balaban J connectivity index is 2.30. The van der Waals surface area contributed by atoms with Gasteiger partial charge in [-0.2, -0.15) is 0 Å². The van der Waals surface area contributed by atoms with Crippen molar-refractivity contribution in [3.63, 3.8) is 0 Å². The number of benzene rings is 2. The van der Waals surface area contributed by atoms with Crippen molar-refractivity contribution in [2.45, 2.75) is 52.2 Å². The first kappa shape index (κ1) is 22.3. The Morgan fingerprint density at radius 1 is 1.00 bits per heavy atom. The van der Waals surface area contributed by atoms with Crippen LogP contribution >= 0.6 is 23.2 Å². The molecule has 0 spiro atoms. The van der Waals surface area contributed by atoms with Crippen LogP contribution in [0.1, 0.15) is 38.3 Å². The molecule has 0 bridgehead atoms. The molecule has 1 atom stereocenters. The molecule has 0 radical (unpaired) electrons. The van der Waals surface area contributed by atoms with Gasteiger partial charge in [0.2, 0.25) is 11.8 Å². The van der Waals surface area contributed by atoms with Crippen molar-refractivity contribution >= 4 is 35.0 Å². The highest BCUT2D eigenvalue weighted by atomic mass is 35.5. The van der Waals surface area contributed by atoms with Crippen LogP contribution in [0.25, 0.3) is 0 Å². The van der Waals surface area contributed by atoms with E-state index in [9.17, 15) is 9.59 Å². The molecule has 0 aliphatic heterocycles. The third kappa shape index (κ3) is 6.25. The molecule has 2 aromatic carbocycles. The van der Waals surface area contributed by atoms with Gasteiger partial charge < -0.3 is 10.2 Å². The minimum atomic E-state index is -0.562. The van der Waals surface area contributed by atoms with Crippen molar-refractivity contribution in [3.8, 4) is 0 Å². The minimum absolute atomic E-state index is 0.00222. The monoisotopic (exact) mass is 420 g/mol. The molecule has 0 aromatic heterocycles. The molecule has 0 heterocycles. The topological polar surface area (TPSA) is 49.4 Å². The molecule has 4 nitrogen and oxygen atoms in total. The second-order valence-electron chi connectivity index (χ2n) is 7.02. The van der Waals surface area contributed by atoms with E-state index in [2.05, 4.69) is 5.32 Å². The Kier molecular flexibility index (Phi) is 8.34. The second-order valence-corrected chi connectivity index (χ2v) is 7.83. The standard InChI is InChI=1S/C22H26Cl2N2O2/c1-4-20(22(28)25-15(2)3)26(14-17-10-11-18(23)19(24)12-17)21(27)13-16-8-6-5-7-9-16/h5-12,15,20H,4,13-14H2,1-3H3,(H,25,28)/t20-/m0/s1. The third-order valence-electron chi connectivity index (χ3n) is 4.35. The summed E-state index contributed by atoms with van der Waals surface area (Å²) in [6.07, 6.45) is 0.744. The number of carbonyl (C=O) groups excluding carboxylic acids is 2. The van der Waals surface area contributed by atoms with Crippen molar-refractivity contribution < 1.29 is 9.59 Å². The van der Waals surface area contributed by atoms with E-state index in [1.165, 1.54) is 0 Å². The Morgan fingerprint density at radius 2 is 1.68 bits per heavy atom. The van der Waals surface area contributed by atoms with Gasteiger partial charge in [0.25, 0.3) is 0 Å². The summed E-state index contributed by atoms with van der Waals surface area (Å²) in [4.78, 5) is 27.5. The number of rotatable bonds is 8. The third-order valence-corrected chi connectivity index (χ3v) is 5.09. The van der Waals surface area contributed by atoms with E-state index in [1.807, 2.05) is 57.2 Å². The van der Waals surface area contributed by atoms with Crippen LogP contribution in [0.5, 0.6) is 0 Å². The molecule has 2 aromatic rings. The van der Waals surface area contributed by atoms with E-state index < -0.39 is 6.04 Å². The molecular formula is C22H26Cl2N2O2. The van der Waals surface area contributed by atoms with Gasteiger partial charge in [-0.15, -0.1) is 0 Å². The summed E-state index contributed by atoms with van der Waals surface area (Å²) in [5, 5.41) is 3.80. The number of hydrogen-bond acceptors (Lipinski definition) is 2. The molecule has 1 N–H and O–H groups in total. The number of halogens is 2. The van der Waals surface area contributed by atoms with Crippen molar-refractivity contribution in [2.75, 3.05) is 0 Å². The molecule has 0 aliphatic rings. The largest absolute Gasteiger partial charge is 0.352 e. The van der Waals surface area contributed by atoms with Crippen molar-refractivity contribution in [2.24, 2.45) is 0 Å². The fraction of sp³-hybridized carbons (Fsp3) is 0.364. The number of hydrogen-bond donors (Lipinski definition) is 1. The average Bonchev–Trinajstić information content (AvgIpc) is 2.64. The van der Waals surface area contributed by atoms with E-state index in [-0.39, 0.29) is 30.8 Å². The van der Waals surface area contributed by atoms with Gasteiger partial charge in [0.15, 0.2) is 0 Å². The van der Waals surface area contributed by atoms with Gasteiger partial charge in [0.1, 0.15) is 6.04 Å². The number of carbonyl (C=O) groups is 2. The predicted molar refractivity (Wildman–Crippen MR) is 115 cm³/mol. The number of amides is 2. The van der Waals surface area contributed by atoms with Crippen LogP contribution < -0.4 is 5.32 Å². The van der Waals surface area contributed by atoms with Crippen LogP contribution in [0.4, 0.5) is 0 Å². The molecular weight excluding hydrogens is 395 g/mol. The lowest BCUT2D eigenvalue weighted by Crippen LogP contribution is -2.50. The summed E-state index contributed by atoms with van der Waals surface area (Å²) >= 11 is 12.1. The maximum absolute atomic E-state index is 13.1. The van der Waals surface area contributed by atoms with E-state index in [0.717, 1.165) is 11.1 Å². The first-order chi connectivity index (χ1) is 13.3. The van der Waals surface area contributed by atoms with Gasteiger partial charge in [-0.25, -0.2) is 0 Å². The van der Waals surface area contributed by atoms with Crippen molar-refractivity contribution in [3.05, 3.63) is 69.7 Å². The SMILES string of the molecule is CC[C@@H](C(=O)NC(C)C)N(Cc1ccc(Cl)c(Cl)c1)C(=O)Cc1ccccc1. The van der Waals surface area contributed by atoms with Crippen LogP contribution in [-0.2, 0) is 22.6 Å². The predicted octanol–water partition coefficient (Wildman–Crippen LogP) is 4.87. The van der Waals surface area contributed by atoms with Gasteiger partial charge in [0, 0.05) is 12.6 Å². The summed E-state index contributed by atoms with van der Waals surface area (Å²) in [5.41, 5.74) is 1.73. The fourth-order valence-corrected chi connectivity index (χ4v) is 3.33. The molecule has 2 rings (SSSR count). The zero-order valence-corrected chi connectivity index (χ0v) is 17.9. The molecule has 0 fully saturated rings. The molecule has 28 heavy (non-hydrogen) atoms. The van der Waals surface area contributed by atoms with Crippen LogP contribution in [0, 0.1) is 0 Å². The highest BCUT2D eigenvalue weighted by Crippen LogP contribution is 2.24. The lowest BCUT2D eigenvalue weighted by atomic mass is 10.1. The molecule has 0 unspecified atom stereocenters. The Hall–Kier alpha value is -2.04. The zero-order valence-electron chi connectivity index (χ0n) is 16.4. The maximum Gasteiger partial charge on any atom is 0.243 e. The van der Waals surface area contributed by atoms with Crippen LogP contribution in [-0.4, -0.2) is 28.8 Å². The van der Waals surface area contributed by atoms with Gasteiger partial charge in [-0.3, -0.25) is 9.59 Å². The lowest BCUT2D eigenvalue weighted by molar-refractivity contribution is -0.141. The molecule has 150 valence electrons. The Bertz CT molecular complexity index is 809. The number of nitrogens with one attached hydrogen (secondary N) is 1. The Labute approximate surface area is 176 Å². The van der Waals surface area contributed by atoms with Crippen molar-refractivity contribution in [1.82, 2.24) is 10.2 Å². The Morgan fingerprint density at radius 3 is 2.25 bits per heavy atom. The van der Waals surface area contributed by atoms with E-state index in [1.54, 1.807) is 17.0 Å². The van der Waals surface area contributed by atoms with Crippen LogP contribution in [0.3, 0.4) is 0 Å². The first-order valence-electron chi connectivity index (χ1n) is 9.39. The summed E-state index contributed by atoms with van der Waals surface area (Å²) < 4.78 is 0. The van der Waals surface area contributed by atoms with Crippen LogP contribution in [0.2, 0.25) is 10.0 Å². The van der Waals surface area contributed by atoms with Gasteiger partial charge in [-0.05, 0) is 43.5 Å². The molecule has 2 amide bonds. The summed E-state index contributed by atoms with van der Waals surface area (Å²) in [6.45, 7) is 5.99. The van der Waals surface area contributed by atoms with E-state index in [0.29, 0.717) is 16.5 Å². The summed E-state index contributed by atoms with van der Waals surface area (Å²) in [7, 11) is 0. The first-order valence-corrected chi connectivity index (χ1v) is 10.1. The van der Waals surface area contributed by atoms with E-state index in [4.69, 9.17) is 23.2 Å². The normalized spacial score (nSPS) is 11.9. The smallest absolute Gasteiger partial charge is 0.243 e. The van der Waals surface area contributed by atoms with Gasteiger partial charge >= 0.3 is 0 Å². The molecule has 0 saturated carbocycles. The number of nitrogens with zero attached hydrogens (tertiary/aromatic N) is 1. The quantitative estimate of drug-likeness (QED) is 0.661. The van der Waals surface area contributed by atoms with Crippen LogP contribution in [0.15, 0.2) is 48.5 Å². The summed E-state index contributed by atoms with van der Waals surface area (Å²) in [6, 6.07) is 14.2.